The van der Waals surface area contributed by atoms with Gasteiger partial charge >= 0.3 is 0 Å². The van der Waals surface area contributed by atoms with Crippen molar-refractivity contribution in [3.8, 4) is 5.75 Å². The van der Waals surface area contributed by atoms with Crippen molar-refractivity contribution in [3.63, 3.8) is 0 Å². The van der Waals surface area contributed by atoms with E-state index < -0.39 is 5.95 Å². The Bertz CT molecular complexity index is 503. The lowest BCUT2D eigenvalue weighted by molar-refractivity contribution is 0.415. The number of hydrogen-bond donors (Lipinski definition) is 0. The quantitative estimate of drug-likeness (QED) is 0.751. The van der Waals surface area contributed by atoms with Gasteiger partial charge in [-0.25, -0.2) is 4.98 Å². The third kappa shape index (κ3) is 3.14. The van der Waals surface area contributed by atoms with Crippen LogP contribution in [0.2, 0.25) is 0 Å². The number of methoxy groups -OCH3 is 1. The third-order valence-electron chi connectivity index (χ3n) is 2.33. The van der Waals surface area contributed by atoms with Crippen LogP contribution in [0, 0.1) is 5.95 Å². The second-order valence-corrected chi connectivity index (χ2v) is 3.52. The highest BCUT2D eigenvalue weighted by Crippen LogP contribution is 2.13. The van der Waals surface area contributed by atoms with Gasteiger partial charge in [0.05, 0.1) is 7.11 Å². The SMILES string of the molecule is COc1ccc(/C=C/c2ccc([18F])nc2)cc1. The molecule has 0 N–H and O–H groups in total. The summed E-state index contributed by atoms with van der Waals surface area (Å²) in [6, 6.07) is 10.7. The molecule has 2 nitrogen and oxygen atoms in total. The number of nitrogens with zero attached hydrogens (tertiary/aromatic N) is 1. The molecule has 0 aliphatic rings. The van der Waals surface area contributed by atoms with E-state index >= 15 is 0 Å². The molecular formula is C14H12FNO. The van der Waals surface area contributed by atoms with Crippen LogP contribution < -0.4 is 4.74 Å². The zero-order valence-corrected chi connectivity index (χ0v) is 9.43. The molecule has 1 aromatic carbocycles. The van der Waals surface area contributed by atoms with E-state index in [1.165, 1.54) is 12.3 Å². The van der Waals surface area contributed by atoms with Crippen LogP contribution >= 0.6 is 0 Å². The van der Waals surface area contributed by atoms with E-state index in [0.29, 0.717) is 0 Å². The Kier molecular flexibility index (Phi) is 3.50. The Hall–Kier alpha value is -2.16. The van der Waals surface area contributed by atoms with Gasteiger partial charge in [-0.2, -0.15) is 4.39 Å². The largest absolute Gasteiger partial charge is 0.497 e. The number of ether oxygens (including phenoxy) is 1. The molecule has 0 aliphatic heterocycles. The number of aromatic nitrogens is 1. The summed E-state index contributed by atoms with van der Waals surface area (Å²) in [5.41, 5.74) is 1.91. The molecule has 1 aromatic heterocycles. The molecule has 1 heterocycles. The fourth-order valence-corrected chi connectivity index (χ4v) is 1.39. The van der Waals surface area contributed by atoms with Crippen LogP contribution in [0.15, 0.2) is 42.6 Å². The summed E-state index contributed by atoms with van der Waals surface area (Å²) in [6.45, 7) is 0. The second kappa shape index (κ2) is 5.25. The maximum absolute atomic E-state index is 12.6. The fourth-order valence-electron chi connectivity index (χ4n) is 1.39. The highest BCUT2D eigenvalue weighted by Gasteiger charge is 1.92. The summed E-state index contributed by atoms with van der Waals surface area (Å²) >= 11 is 0. The normalized spacial score (nSPS) is 10.7. The van der Waals surface area contributed by atoms with Gasteiger partial charge in [-0.15, -0.1) is 0 Å². The first kappa shape index (κ1) is 11.3. The van der Waals surface area contributed by atoms with Gasteiger partial charge in [0.15, 0.2) is 0 Å². The summed E-state index contributed by atoms with van der Waals surface area (Å²) in [7, 11) is 1.63. The Morgan fingerprint density at radius 1 is 1.00 bits per heavy atom. The number of rotatable bonds is 3. The van der Waals surface area contributed by atoms with Gasteiger partial charge in [-0.05, 0) is 35.4 Å². The first-order chi connectivity index (χ1) is 8.28. The number of halogens is 1. The van der Waals surface area contributed by atoms with E-state index in [0.717, 1.165) is 16.9 Å². The Morgan fingerprint density at radius 3 is 2.24 bits per heavy atom. The molecule has 0 atom stereocenters. The predicted molar refractivity (Wildman–Crippen MR) is 66.1 cm³/mol. The monoisotopic (exact) mass is 228 g/mol. The van der Waals surface area contributed by atoms with Gasteiger partial charge < -0.3 is 4.74 Å². The minimum atomic E-state index is -0.466. The van der Waals surface area contributed by atoms with Gasteiger partial charge in [0, 0.05) is 6.20 Å². The van der Waals surface area contributed by atoms with E-state index in [1.54, 1.807) is 13.2 Å². The highest BCUT2D eigenvalue weighted by molar-refractivity contribution is 5.69. The van der Waals surface area contributed by atoms with Crippen molar-refractivity contribution < 1.29 is 9.13 Å². The molecule has 0 radical (unpaired) electrons. The minimum Gasteiger partial charge on any atom is -0.497 e. The summed E-state index contributed by atoms with van der Waals surface area (Å²) in [4.78, 5) is 3.58. The maximum Gasteiger partial charge on any atom is 0.212 e. The molecule has 3 heteroatoms. The van der Waals surface area contributed by atoms with Crippen molar-refractivity contribution in [2.45, 2.75) is 0 Å². The van der Waals surface area contributed by atoms with Crippen LogP contribution in [0.4, 0.5) is 4.39 Å². The molecule has 0 amide bonds. The maximum atomic E-state index is 12.6. The van der Waals surface area contributed by atoms with E-state index in [1.807, 2.05) is 36.4 Å². The molecule has 0 bridgehead atoms. The highest BCUT2D eigenvalue weighted by atomic mass is 18.2. The summed E-state index contributed by atoms with van der Waals surface area (Å²) < 4.78 is 17.7. The molecule has 2 aromatic rings. The van der Waals surface area contributed by atoms with Crippen molar-refractivity contribution in [1.82, 2.24) is 4.98 Å². The van der Waals surface area contributed by atoms with Gasteiger partial charge in [0.1, 0.15) is 5.75 Å². The minimum absolute atomic E-state index is 0.466. The Morgan fingerprint density at radius 2 is 1.65 bits per heavy atom. The molecule has 0 spiro atoms. The molecule has 2 rings (SSSR count). The van der Waals surface area contributed by atoms with Crippen LogP contribution in [0.5, 0.6) is 5.75 Å². The lowest BCUT2D eigenvalue weighted by atomic mass is 10.1. The van der Waals surface area contributed by atoms with Gasteiger partial charge in [0.25, 0.3) is 0 Å². The lowest BCUT2D eigenvalue weighted by Crippen LogP contribution is -1.82. The average Bonchev–Trinajstić information content (AvgIpc) is 2.39. The molecular weight excluding hydrogens is 216 g/mol. The van der Waals surface area contributed by atoms with Gasteiger partial charge in [-0.1, -0.05) is 24.3 Å². The second-order valence-electron chi connectivity index (χ2n) is 3.52. The molecule has 0 unspecified atom stereocenters. The first-order valence-corrected chi connectivity index (χ1v) is 5.21. The van der Waals surface area contributed by atoms with Gasteiger partial charge in [0.2, 0.25) is 5.95 Å². The van der Waals surface area contributed by atoms with Crippen molar-refractivity contribution >= 4 is 12.2 Å². The van der Waals surface area contributed by atoms with Crippen molar-refractivity contribution in [3.05, 3.63) is 59.7 Å². The molecule has 17 heavy (non-hydrogen) atoms. The van der Waals surface area contributed by atoms with Crippen molar-refractivity contribution in [2.24, 2.45) is 0 Å². The van der Waals surface area contributed by atoms with Crippen LogP contribution in [-0.4, -0.2) is 12.1 Å². The number of pyridine rings is 1. The Balaban J connectivity index is 2.11. The molecule has 0 fully saturated rings. The molecule has 0 saturated carbocycles. The van der Waals surface area contributed by atoms with Crippen molar-refractivity contribution in [2.75, 3.05) is 7.11 Å². The van der Waals surface area contributed by atoms with Crippen molar-refractivity contribution in [1.29, 1.82) is 0 Å². The van der Waals surface area contributed by atoms with E-state index in [-0.39, 0.29) is 0 Å². The summed E-state index contributed by atoms with van der Waals surface area (Å²) in [6.07, 6.45) is 5.32. The van der Waals surface area contributed by atoms with Crippen LogP contribution in [-0.2, 0) is 0 Å². The first-order valence-electron chi connectivity index (χ1n) is 5.21. The zero-order chi connectivity index (χ0) is 12.1. The van der Waals surface area contributed by atoms with E-state index in [9.17, 15) is 4.39 Å². The average molecular weight is 228 g/mol. The zero-order valence-electron chi connectivity index (χ0n) is 9.43. The molecule has 0 aliphatic carbocycles. The topological polar surface area (TPSA) is 22.1 Å². The van der Waals surface area contributed by atoms with Crippen LogP contribution in [0.25, 0.3) is 12.2 Å². The predicted octanol–water partition coefficient (Wildman–Crippen LogP) is 3.40. The Labute approximate surface area is 99.4 Å². The summed E-state index contributed by atoms with van der Waals surface area (Å²) in [5.74, 6) is 0.359. The number of hydrogen-bond acceptors (Lipinski definition) is 2. The fraction of sp³-hybridized carbons (Fsp3) is 0.0714. The summed E-state index contributed by atoms with van der Waals surface area (Å²) in [5, 5.41) is 0. The molecule has 86 valence electrons. The standard InChI is InChI=1S/C14H12FNO/c1-17-13-7-4-11(5-8-13)2-3-12-6-9-14(15)16-10-12/h2-10H,1H3/b3-2+/i15-1. The van der Waals surface area contributed by atoms with Crippen LogP contribution in [0.3, 0.4) is 0 Å². The third-order valence-corrected chi connectivity index (χ3v) is 2.33. The van der Waals surface area contributed by atoms with E-state index in [4.69, 9.17) is 4.74 Å². The number of benzene rings is 1. The van der Waals surface area contributed by atoms with E-state index in [2.05, 4.69) is 4.98 Å². The lowest BCUT2D eigenvalue weighted by Gasteiger charge is -1.99. The van der Waals surface area contributed by atoms with Gasteiger partial charge in [-0.3, -0.25) is 0 Å². The molecule has 0 saturated heterocycles. The smallest absolute Gasteiger partial charge is 0.212 e. The van der Waals surface area contributed by atoms with Crippen LogP contribution in [0.1, 0.15) is 11.1 Å².